The minimum atomic E-state index is -3.20. The number of hydrogen-bond donors (Lipinski definition) is 1. The number of likely N-dealkylation sites (tertiary alicyclic amines) is 1. The largest absolute Gasteiger partial charge is 0.370 e. The fourth-order valence-electron chi connectivity index (χ4n) is 4.82. The number of nitrogens with two attached hydrogens (primary N) is 1. The smallest absolute Gasteiger partial charge is 0.211 e. The Labute approximate surface area is 158 Å². The molecule has 1 aromatic rings. The molecule has 3 saturated heterocycles. The van der Waals surface area contributed by atoms with Gasteiger partial charge in [-0.15, -0.1) is 0 Å². The molecular formula is C18H25F2N3O3S. The van der Waals surface area contributed by atoms with Crippen molar-refractivity contribution in [3.63, 3.8) is 0 Å². The van der Waals surface area contributed by atoms with Crippen molar-refractivity contribution in [3.8, 4) is 0 Å². The molecule has 0 saturated carbocycles. The summed E-state index contributed by atoms with van der Waals surface area (Å²) in [6.07, 6.45) is 2.05. The predicted molar refractivity (Wildman–Crippen MR) is 96.4 cm³/mol. The number of hydrogen-bond acceptors (Lipinski definition) is 5. The first-order valence-electron chi connectivity index (χ1n) is 9.27. The average Bonchev–Trinajstić information content (AvgIpc) is 3.16. The van der Waals surface area contributed by atoms with Gasteiger partial charge in [0.05, 0.1) is 12.9 Å². The minimum absolute atomic E-state index is 0.00890. The first kappa shape index (κ1) is 19.2. The van der Waals surface area contributed by atoms with Crippen LogP contribution in [0, 0.1) is 17.6 Å². The van der Waals surface area contributed by atoms with Crippen molar-refractivity contribution in [1.82, 2.24) is 9.21 Å². The molecule has 1 aromatic carbocycles. The summed E-state index contributed by atoms with van der Waals surface area (Å²) in [6.45, 7) is 2.43. The molecule has 5 unspecified atom stereocenters. The summed E-state index contributed by atoms with van der Waals surface area (Å²) in [5.74, 6) is -0.707. The second-order valence-electron chi connectivity index (χ2n) is 7.92. The van der Waals surface area contributed by atoms with Gasteiger partial charge in [0.25, 0.3) is 0 Å². The zero-order chi connectivity index (χ0) is 19.3. The van der Waals surface area contributed by atoms with Gasteiger partial charge >= 0.3 is 0 Å². The standard InChI is InChI=1S/C18H25F2N3O3S/c1-27(24,25)23-5-4-11-8-22(9-17(11)23)13-7-16(21)18(26-10-13)14-6-12(19)2-3-15(14)20/h2-3,6,11,13,16-18H,4-5,7-10,21H2,1H3. The highest BCUT2D eigenvalue weighted by molar-refractivity contribution is 7.88. The molecule has 5 atom stereocenters. The van der Waals surface area contributed by atoms with E-state index in [1.807, 2.05) is 0 Å². The zero-order valence-corrected chi connectivity index (χ0v) is 16.0. The van der Waals surface area contributed by atoms with Crippen molar-refractivity contribution in [2.45, 2.75) is 37.1 Å². The van der Waals surface area contributed by atoms with Crippen LogP contribution in [-0.2, 0) is 14.8 Å². The van der Waals surface area contributed by atoms with Gasteiger partial charge in [-0.25, -0.2) is 17.2 Å². The van der Waals surface area contributed by atoms with Crippen molar-refractivity contribution in [3.05, 3.63) is 35.4 Å². The molecule has 3 aliphatic rings. The Morgan fingerprint density at radius 2 is 2.04 bits per heavy atom. The molecule has 2 N–H and O–H groups in total. The molecule has 9 heteroatoms. The highest BCUT2D eigenvalue weighted by atomic mass is 32.2. The number of benzene rings is 1. The van der Waals surface area contributed by atoms with Gasteiger partial charge in [0.2, 0.25) is 10.0 Å². The quantitative estimate of drug-likeness (QED) is 0.821. The predicted octanol–water partition coefficient (Wildman–Crippen LogP) is 1.09. The van der Waals surface area contributed by atoms with Crippen molar-refractivity contribution in [2.75, 3.05) is 32.5 Å². The summed E-state index contributed by atoms with van der Waals surface area (Å²) in [5.41, 5.74) is 6.41. The number of nitrogens with zero attached hydrogens (tertiary/aromatic N) is 2. The second-order valence-corrected chi connectivity index (χ2v) is 9.85. The van der Waals surface area contributed by atoms with Crippen LogP contribution in [0.4, 0.5) is 8.78 Å². The lowest BCUT2D eigenvalue weighted by molar-refractivity contribution is -0.0485. The summed E-state index contributed by atoms with van der Waals surface area (Å²) in [7, 11) is -3.20. The maximum absolute atomic E-state index is 14.1. The lowest BCUT2D eigenvalue weighted by Crippen LogP contribution is -2.50. The molecule has 0 bridgehead atoms. The van der Waals surface area contributed by atoms with E-state index in [-0.39, 0.29) is 17.6 Å². The highest BCUT2D eigenvalue weighted by Crippen LogP contribution is 2.37. The number of ether oxygens (including phenoxy) is 1. The van der Waals surface area contributed by atoms with Crippen molar-refractivity contribution in [2.24, 2.45) is 11.7 Å². The van der Waals surface area contributed by atoms with Crippen molar-refractivity contribution >= 4 is 10.0 Å². The molecule has 4 rings (SSSR count). The number of rotatable bonds is 3. The van der Waals surface area contributed by atoms with E-state index in [2.05, 4.69) is 4.90 Å². The van der Waals surface area contributed by atoms with Gasteiger partial charge in [-0.1, -0.05) is 0 Å². The van der Waals surface area contributed by atoms with E-state index < -0.39 is 33.8 Å². The van der Waals surface area contributed by atoms with Crippen LogP contribution in [0.15, 0.2) is 18.2 Å². The summed E-state index contributed by atoms with van der Waals surface area (Å²) >= 11 is 0. The maximum atomic E-state index is 14.1. The lowest BCUT2D eigenvalue weighted by atomic mass is 9.93. The molecule has 3 aliphatic heterocycles. The van der Waals surface area contributed by atoms with Gasteiger partial charge in [-0.05, 0) is 37.0 Å². The monoisotopic (exact) mass is 401 g/mol. The number of halogens is 2. The van der Waals surface area contributed by atoms with Gasteiger partial charge < -0.3 is 10.5 Å². The lowest BCUT2D eigenvalue weighted by Gasteiger charge is -2.39. The Kier molecular flexibility index (Phi) is 5.00. The molecule has 0 aromatic heterocycles. The molecule has 0 amide bonds. The molecule has 3 heterocycles. The Bertz CT molecular complexity index is 822. The van der Waals surface area contributed by atoms with E-state index in [0.29, 0.717) is 32.0 Å². The van der Waals surface area contributed by atoms with Crippen LogP contribution >= 0.6 is 0 Å². The van der Waals surface area contributed by atoms with Gasteiger partial charge in [0, 0.05) is 43.3 Å². The SMILES string of the molecule is CS(=O)(=O)N1CCC2CN(C3COC(c4cc(F)ccc4F)C(N)C3)CC21. The summed E-state index contributed by atoms with van der Waals surface area (Å²) in [5, 5.41) is 0. The minimum Gasteiger partial charge on any atom is -0.370 e. The van der Waals surface area contributed by atoms with Crippen molar-refractivity contribution in [1.29, 1.82) is 0 Å². The number of sulfonamides is 1. The Morgan fingerprint density at radius 3 is 2.74 bits per heavy atom. The molecule has 3 fully saturated rings. The molecule has 0 aliphatic carbocycles. The van der Waals surface area contributed by atoms with Gasteiger partial charge in [-0.2, -0.15) is 4.31 Å². The summed E-state index contributed by atoms with van der Waals surface area (Å²) < 4.78 is 58.9. The molecule has 27 heavy (non-hydrogen) atoms. The van der Waals surface area contributed by atoms with Crippen LogP contribution in [0.25, 0.3) is 0 Å². The molecule has 0 spiro atoms. The van der Waals surface area contributed by atoms with Crippen LogP contribution < -0.4 is 5.73 Å². The first-order chi connectivity index (χ1) is 12.7. The van der Waals surface area contributed by atoms with Crippen LogP contribution in [0.3, 0.4) is 0 Å². The van der Waals surface area contributed by atoms with Crippen LogP contribution in [0.1, 0.15) is 24.5 Å². The Balaban J connectivity index is 1.43. The molecule has 6 nitrogen and oxygen atoms in total. The van der Waals surface area contributed by atoms with E-state index in [1.165, 1.54) is 6.26 Å². The second kappa shape index (κ2) is 7.04. The Hall–Kier alpha value is -1.13. The molecule has 0 radical (unpaired) electrons. The highest BCUT2D eigenvalue weighted by Gasteiger charge is 2.47. The third kappa shape index (κ3) is 3.63. The van der Waals surface area contributed by atoms with Crippen molar-refractivity contribution < 1.29 is 21.9 Å². The van der Waals surface area contributed by atoms with E-state index >= 15 is 0 Å². The fraction of sp³-hybridized carbons (Fsp3) is 0.667. The van der Waals surface area contributed by atoms with Crippen LogP contribution in [0.5, 0.6) is 0 Å². The van der Waals surface area contributed by atoms with Crippen LogP contribution in [0.2, 0.25) is 0 Å². The normalized spacial score (nSPS) is 35.5. The molecule has 150 valence electrons. The number of fused-ring (bicyclic) bond motifs is 1. The third-order valence-corrected chi connectivity index (χ3v) is 7.44. The maximum Gasteiger partial charge on any atom is 0.211 e. The zero-order valence-electron chi connectivity index (χ0n) is 15.2. The first-order valence-corrected chi connectivity index (χ1v) is 11.1. The fourth-order valence-corrected chi connectivity index (χ4v) is 5.98. The summed E-state index contributed by atoms with van der Waals surface area (Å²) in [6, 6.07) is 2.92. The average molecular weight is 401 g/mol. The summed E-state index contributed by atoms with van der Waals surface area (Å²) in [4.78, 5) is 2.24. The van der Waals surface area contributed by atoms with E-state index in [9.17, 15) is 17.2 Å². The topological polar surface area (TPSA) is 75.9 Å². The van der Waals surface area contributed by atoms with Gasteiger partial charge in [-0.3, -0.25) is 4.90 Å². The third-order valence-electron chi connectivity index (χ3n) is 6.13. The van der Waals surface area contributed by atoms with Gasteiger partial charge in [0.15, 0.2) is 0 Å². The van der Waals surface area contributed by atoms with E-state index in [4.69, 9.17) is 10.5 Å². The van der Waals surface area contributed by atoms with E-state index in [0.717, 1.165) is 31.2 Å². The van der Waals surface area contributed by atoms with E-state index in [1.54, 1.807) is 4.31 Å². The van der Waals surface area contributed by atoms with Crippen LogP contribution in [-0.4, -0.2) is 68.2 Å². The molecular weight excluding hydrogens is 376 g/mol. The Morgan fingerprint density at radius 1 is 1.26 bits per heavy atom. The van der Waals surface area contributed by atoms with Gasteiger partial charge in [0.1, 0.15) is 17.7 Å².